The van der Waals surface area contributed by atoms with Gasteiger partial charge >= 0.3 is 12.4 Å². The topological polar surface area (TPSA) is 32.3 Å². The van der Waals surface area contributed by atoms with E-state index in [0.29, 0.717) is 18.7 Å². The Balaban J connectivity index is 2.96. The lowest BCUT2D eigenvalue weighted by molar-refractivity contribution is -0.131. The van der Waals surface area contributed by atoms with E-state index >= 15 is 0 Å². The van der Waals surface area contributed by atoms with Gasteiger partial charge in [0.25, 0.3) is 0 Å². The molecule has 124 valence electrons. The largest absolute Gasteiger partial charge is 0.415 e. The van der Waals surface area contributed by atoms with Crippen LogP contribution in [0.2, 0.25) is 0 Å². The summed E-state index contributed by atoms with van der Waals surface area (Å²) < 4.78 is 74.0. The SMILES string of the molecule is C=C(/C=C(\C=C\C(F)(F)F)CN1CCNCC1=O)C(F)(F)F. The summed E-state index contributed by atoms with van der Waals surface area (Å²) in [6, 6.07) is 0. The predicted octanol–water partition coefficient (Wildman–Crippen LogP) is 2.58. The summed E-state index contributed by atoms with van der Waals surface area (Å²) in [6.07, 6.45) is -8.55. The number of amides is 1. The highest BCUT2D eigenvalue weighted by Crippen LogP contribution is 2.27. The fourth-order valence-electron chi connectivity index (χ4n) is 1.69. The van der Waals surface area contributed by atoms with Crippen LogP contribution in [0.4, 0.5) is 26.3 Å². The smallest absolute Gasteiger partial charge is 0.336 e. The molecule has 0 radical (unpaired) electrons. The van der Waals surface area contributed by atoms with Gasteiger partial charge in [-0.2, -0.15) is 26.3 Å². The average Bonchev–Trinajstić information content (AvgIpc) is 2.36. The van der Waals surface area contributed by atoms with Gasteiger partial charge in [-0.05, 0) is 11.6 Å². The molecule has 0 aromatic heterocycles. The molecule has 1 aliphatic rings. The number of piperazine rings is 1. The summed E-state index contributed by atoms with van der Waals surface area (Å²) in [7, 11) is 0. The Labute approximate surface area is 123 Å². The van der Waals surface area contributed by atoms with E-state index in [-0.39, 0.29) is 31.3 Å². The Morgan fingerprint density at radius 2 is 1.91 bits per heavy atom. The van der Waals surface area contributed by atoms with Crippen LogP contribution in [-0.2, 0) is 4.79 Å². The van der Waals surface area contributed by atoms with Crippen molar-refractivity contribution in [3.05, 3.63) is 36.0 Å². The van der Waals surface area contributed by atoms with Gasteiger partial charge in [-0.15, -0.1) is 0 Å². The molecule has 0 saturated carbocycles. The summed E-state index contributed by atoms with van der Waals surface area (Å²) in [4.78, 5) is 12.7. The molecule has 1 heterocycles. The molecule has 1 rings (SSSR count). The molecule has 1 aliphatic heterocycles. The number of hydrogen-bond acceptors (Lipinski definition) is 2. The Morgan fingerprint density at radius 3 is 2.41 bits per heavy atom. The molecular weight excluding hydrogens is 314 g/mol. The van der Waals surface area contributed by atoms with Gasteiger partial charge in [0.05, 0.1) is 6.54 Å². The monoisotopic (exact) mass is 328 g/mol. The summed E-state index contributed by atoms with van der Waals surface area (Å²) >= 11 is 0. The second-order valence-corrected chi connectivity index (χ2v) is 4.61. The third kappa shape index (κ3) is 6.33. The highest BCUT2D eigenvalue weighted by Gasteiger charge is 2.31. The van der Waals surface area contributed by atoms with Crippen LogP contribution in [0, 0.1) is 0 Å². The minimum atomic E-state index is -4.75. The normalized spacial score (nSPS) is 18.2. The van der Waals surface area contributed by atoms with Gasteiger partial charge < -0.3 is 10.2 Å². The molecule has 1 amide bonds. The van der Waals surface area contributed by atoms with Crippen LogP contribution >= 0.6 is 0 Å². The number of carbonyl (C=O) groups is 1. The van der Waals surface area contributed by atoms with Crippen LogP contribution in [0.5, 0.6) is 0 Å². The summed E-state index contributed by atoms with van der Waals surface area (Å²) in [5.74, 6) is -0.393. The molecule has 22 heavy (non-hydrogen) atoms. The minimum Gasteiger partial charge on any atom is -0.336 e. The molecule has 0 unspecified atom stereocenters. The standard InChI is InChI=1S/C13H14F6N2O/c1-9(13(17,18)19)6-10(2-3-12(14,15)16)8-21-5-4-20-7-11(21)22/h2-3,6,20H,1,4-5,7-8H2/b3-2+,10-6+. The van der Waals surface area contributed by atoms with E-state index in [2.05, 4.69) is 11.9 Å². The summed E-state index contributed by atoms with van der Waals surface area (Å²) in [6.45, 7) is 3.06. The van der Waals surface area contributed by atoms with Gasteiger partial charge in [0.1, 0.15) is 0 Å². The Morgan fingerprint density at radius 1 is 1.27 bits per heavy atom. The van der Waals surface area contributed by atoms with Crippen molar-refractivity contribution < 1.29 is 31.1 Å². The van der Waals surface area contributed by atoms with Crippen molar-refractivity contribution in [2.75, 3.05) is 26.2 Å². The predicted molar refractivity (Wildman–Crippen MR) is 67.9 cm³/mol. The van der Waals surface area contributed by atoms with Crippen molar-refractivity contribution in [3.8, 4) is 0 Å². The van der Waals surface area contributed by atoms with E-state index in [0.717, 1.165) is 0 Å². The van der Waals surface area contributed by atoms with Crippen molar-refractivity contribution in [1.82, 2.24) is 10.2 Å². The van der Waals surface area contributed by atoms with Crippen LogP contribution in [0.3, 0.4) is 0 Å². The Bertz CT molecular complexity index is 490. The van der Waals surface area contributed by atoms with Gasteiger partial charge in [0.2, 0.25) is 5.91 Å². The average molecular weight is 328 g/mol. The van der Waals surface area contributed by atoms with Gasteiger partial charge in [0.15, 0.2) is 0 Å². The van der Waals surface area contributed by atoms with Crippen molar-refractivity contribution >= 4 is 5.91 Å². The quantitative estimate of drug-likeness (QED) is 0.635. The van der Waals surface area contributed by atoms with E-state index in [1.54, 1.807) is 0 Å². The molecule has 3 nitrogen and oxygen atoms in total. The first-order chi connectivity index (χ1) is 9.99. The van der Waals surface area contributed by atoms with Gasteiger partial charge in [0, 0.05) is 31.3 Å². The lowest BCUT2D eigenvalue weighted by atomic mass is 10.1. The number of nitrogens with one attached hydrogen (secondary N) is 1. The van der Waals surface area contributed by atoms with Gasteiger partial charge in [-0.3, -0.25) is 4.79 Å². The van der Waals surface area contributed by atoms with E-state index in [4.69, 9.17) is 0 Å². The number of allylic oxidation sites excluding steroid dienone is 3. The molecular formula is C13H14F6N2O. The summed E-state index contributed by atoms with van der Waals surface area (Å²) in [5, 5.41) is 2.75. The number of alkyl halides is 6. The number of rotatable bonds is 4. The van der Waals surface area contributed by atoms with Crippen LogP contribution in [-0.4, -0.2) is 49.3 Å². The maximum Gasteiger partial charge on any atom is 0.415 e. The molecule has 1 fully saturated rings. The van der Waals surface area contributed by atoms with Gasteiger partial charge in [-0.1, -0.05) is 12.7 Å². The minimum absolute atomic E-state index is 0.00349. The summed E-state index contributed by atoms with van der Waals surface area (Å²) in [5.41, 5.74) is -1.58. The third-order valence-corrected chi connectivity index (χ3v) is 2.77. The number of halogens is 6. The highest BCUT2D eigenvalue weighted by molar-refractivity contribution is 5.79. The molecule has 0 aliphatic carbocycles. The van der Waals surface area contributed by atoms with E-state index in [9.17, 15) is 31.1 Å². The third-order valence-electron chi connectivity index (χ3n) is 2.77. The fraction of sp³-hybridized carbons (Fsp3) is 0.462. The number of carbonyl (C=O) groups excluding carboxylic acids is 1. The zero-order chi connectivity index (χ0) is 17.0. The first-order valence-electron chi connectivity index (χ1n) is 6.20. The van der Waals surface area contributed by atoms with E-state index in [1.165, 1.54) is 4.90 Å². The Hall–Kier alpha value is -1.77. The lowest BCUT2D eigenvalue weighted by Gasteiger charge is -2.28. The van der Waals surface area contributed by atoms with E-state index < -0.39 is 23.8 Å². The first-order valence-corrected chi connectivity index (χ1v) is 6.20. The molecule has 0 bridgehead atoms. The van der Waals surface area contributed by atoms with Crippen LogP contribution in [0.25, 0.3) is 0 Å². The van der Waals surface area contributed by atoms with Crippen LogP contribution in [0.15, 0.2) is 36.0 Å². The number of hydrogen-bond donors (Lipinski definition) is 1. The van der Waals surface area contributed by atoms with Crippen molar-refractivity contribution in [3.63, 3.8) is 0 Å². The second kappa shape index (κ2) is 6.99. The molecule has 1 N–H and O–H groups in total. The molecule has 0 spiro atoms. The highest BCUT2D eigenvalue weighted by atomic mass is 19.4. The van der Waals surface area contributed by atoms with Crippen molar-refractivity contribution in [1.29, 1.82) is 0 Å². The molecule has 0 atom stereocenters. The van der Waals surface area contributed by atoms with Crippen molar-refractivity contribution in [2.24, 2.45) is 0 Å². The number of nitrogens with zero attached hydrogens (tertiary/aromatic N) is 1. The lowest BCUT2D eigenvalue weighted by Crippen LogP contribution is -2.48. The zero-order valence-corrected chi connectivity index (χ0v) is 11.4. The maximum absolute atomic E-state index is 12.5. The van der Waals surface area contributed by atoms with Crippen molar-refractivity contribution in [2.45, 2.75) is 12.4 Å². The molecule has 1 saturated heterocycles. The van der Waals surface area contributed by atoms with Crippen LogP contribution in [0.1, 0.15) is 0 Å². The second-order valence-electron chi connectivity index (χ2n) is 4.61. The molecule has 9 heteroatoms. The molecule has 0 aromatic rings. The van der Waals surface area contributed by atoms with Crippen LogP contribution < -0.4 is 5.32 Å². The fourth-order valence-corrected chi connectivity index (χ4v) is 1.69. The Kier molecular flexibility index (Phi) is 5.81. The first kappa shape index (κ1) is 18.3. The zero-order valence-electron chi connectivity index (χ0n) is 11.4. The van der Waals surface area contributed by atoms with Gasteiger partial charge in [-0.25, -0.2) is 0 Å². The maximum atomic E-state index is 12.5. The van der Waals surface area contributed by atoms with E-state index in [1.807, 2.05) is 0 Å². The molecule has 0 aromatic carbocycles.